The molecule has 2 saturated carbocycles. The van der Waals surface area contributed by atoms with Crippen LogP contribution in [-0.4, -0.2) is 65.9 Å². The van der Waals surface area contributed by atoms with Gasteiger partial charge in [-0.3, -0.25) is 14.5 Å². The van der Waals surface area contributed by atoms with Crippen molar-refractivity contribution in [1.82, 2.24) is 15.1 Å². The minimum Gasteiger partial charge on any atom is -0.353 e. The van der Waals surface area contributed by atoms with Gasteiger partial charge in [0.15, 0.2) is 0 Å². The van der Waals surface area contributed by atoms with Gasteiger partial charge in [-0.15, -0.1) is 0 Å². The number of hydrogen-bond acceptors (Lipinski definition) is 4. The topological polar surface area (TPSA) is 78.7 Å². The average Bonchev–Trinajstić information content (AvgIpc) is 3.35. The predicted molar refractivity (Wildman–Crippen MR) is 97.9 cm³/mol. The molecule has 3 rings (SSSR count). The Bertz CT molecular complexity index is 474. The van der Waals surface area contributed by atoms with Crippen LogP contribution in [0, 0.1) is 5.92 Å². The van der Waals surface area contributed by atoms with E-state index in [1.165, 1.54) is 44.9 Å². The minimum atomic E-state index is -0.332. The molecule has 6 nitrogen and oxygen atoms in total. The van der Waals surface area contributed by atoms with E-state index in [0.29, 0.717) is 31.7 Å². The van der Waals surface area contributed by atoms with Gasteiger partial charge in [-0.25, -0.2) is 0 Å². The van der Waals surface area contributed by atoms with Crippen molar-refractivity contribution >= 4 is 11.8 Å². The molecule has 0 radical (unpaired) electrons. The quantitative estimate of drug-likeness (QED) is 0.721. The highest BCUT2D eigenvalue weighted by Crippen LogP contribution is 2.36. The second kappa shape index (κ2) is 8.49. The highest BCUT2D eigenvalue weighted by Gasteiger charge is 2.44. The monoisotopic (exact) mass is 350 g/mol. The smallest absolute Gasteiger partial charge is 0.242 e. The first kappa shape index (κ1) is 18.6. The summed E-state index contributed by atoms with van der Waals surface area (Å²) in [6, 6.07) is 0.667. The molecule has 142 valence electrons. The van der Waals surface area contributed by atoms with Gasteiger partial charge in [0.2, 0.25) is 11.8 Å². The Hall–Kier alpha value is -1.14. The Morgan fingerprint density at radius 3 is 2.44 bits per heavy atom. The van der Waals surface area contributed by atoms with Crippen LogP contribution >= 0.6 is 0 Å². The fraction of sp³-hybridized carbons (Fsp3) is 0.895. The van der Waals surface area contributed by atoms with E-state index in [1.807, 2.05) is 0 Å². The van der Waals surface area contributed by atoms with E-state index < -0.39 is 0 Å². The summed E-state index contributed by atoms with van der Waals surface area (Å²) < 4.78 is 0. The largest absolute Gasteiger partial charge is 0.353 e. The molecule has 2 unspecified atom stereocenters. The summed E-state index contributed by atoms with van der Waals surface area (Å²) in [5, 5.41) is 2.87. The Kier molecular flexibility index (Phi) is 6.34. The van der Waals surface area contributed by atoms with Gasteiger partial charge >= 0.3 is 0 Å². The molecule has 0 aromatic rings. The van der Waals surface area contributed by atoms with Crippen LogP contribution in [0.1, 0.15) is 58.3 Å². The van der Waals surface area contributed by atoms with Crippen LogP contribution in [0.2, 0.25) is 0 Å². The zero-order chi connectivity index (χ0) is 17.8. The summed E-state index contributed by atoms with van der Waals surface area (Å²) >= 11 is 0. The summed E-state index contributed by atoms with van der Waals surface area (Å²) in [6.45, 7) is 4.32. The van der Waals surface area contributed by atoms with E-state index in [-0.39, 0.29) is 17.9 Å². The zero-order valence-corrected chi connectivity index (χ0v) is 15.6. The van der Waals surface area contributed by atoms with Crippen LogP contribution in [0.25, 0.3) is 0 Å². The van der Waals surface area contributed by atoms with Crippen molar-refractivity contribution in [2.75, 3.05) is 26.2 Å². The standard InChI is InChI=1S/C19H34N4O2/c1-14(24)22-13-17(11-18(22)19(25)21-10-9-20)23(16-7-8-16)12-15-5-3-2-4-6-15/h15-18H,2-13,20H2,1H3,(H,21,25). The molecule has 1 saturated heterocycles. The second-order valence-electron chi connectivity index (χ2n) is 8.09. The van der Waals surface area contributed by atoms with Crippen molar-refractivity contribution in [3.63, 3.8) is 0 Å². The van der Waals surface area contributed by atoms with Crippen molar-refractivity contribution in [1.29, 1.82) is 0 Å². The number of rotatable bonds is 7. The molecule has 0 aromatic carbocycles. The first-order valence-electron chi connectivity index (χ1n) is 10.1. The van der Waals surface area contributed by atoms with Crippen molar-refractivity contribution in [2.24, 2.45) is 11.7 Å². The maximum absolute atomic E-state index is 12.5. The zero-order valence-electron chi connectivity index (χ0n) is 15.6. The Morgan fingerprint density at radius 1 is 1.12 bits per heavy atom. The van der Waals surface area contributed by atoms with E-state index in [0.717, 1.165) is 18.9 Å². The second-order valence-corrected chi connectivity index (χ2v) is 8.09. The van der Waals surface area contributed by atoms with Gasteiger partial charge in [-0.2, -0.15) is 0 Å². The van der Waals surface area contributed by atoms with Crippen LogP contribution in [0.5, 0.6) is 0 Å². The summed E-state index contributed by atoms with van der Waals surface area (Å²) in [6.07, 6.45) is 10.1. The molecule has 0 spiro atoms. The Balaban J connectivity index is 1.65. The van der Waals surface area contributed by atoms with Crippen LogP contribution in [0.15, 0.2) is 0 Å². The first-order chi connectivity index (χ1) is 12.1. The molecule has 2 aliphatic carbocycles. The van der Waals surface area contributed by atoms with Gasteiger partial charge in [0.05, 0.1) is 0 Å². The highest BCUT2D eigenvalue weighted by molar-refractivity contribution is 5.87. The average molecular weight is 351 g/mol. The van der Waals surface area contributed by atoms with E-state index in [1.54, 1.807) is 11.8 Å². The third-order valence-corrected chi connectivity index (χ3v) is 6.11. The van der Waals surface area contributed by atoms with Gasteiger partial charge in [0.1, 0.15) is 6.04 Å². The number of carbonyl (C=O) groups excluding carboxylic acids is 2. The first-order valence-corrected chi connectivity index (χ1v) is 10.1. The van der Waals surface area contributed by atoms with Crippen molar-refractivity contribution in [3.05, 3.63) is 0 Å². The SMILES string of the molecule is CC(=O)N1CC(N(CC2CCCCC2)C2CC2)CC1C(=O)NCCN. The van der Waals surface area contributed by atoms with Crippen LogP contribution < -0.4 is 11.1 Å². The van der Waals surface area contributed by atoms with Crippen molar-refractivity contribution in [2.45, 2.75) is 76.4 Å². The summed E-state index contributed by atoms with van der Waals surface area (Å²) in [5.41, 5.74) is 5.49. The van der Waals surface area contributed by atoms with Gasteiger partial charge in [0.25, 0.3) is 0 Å². The van der Waals surface area contributed by atoms with Gasteiger partial charge < -0.3 is 16.0 Å². The van der Waals surface area contributed by atoms with Gasteiger partial charge in [-0.05, 0) is 38.0 Å². The molecular weight excluding hydrogens is 316 g/mol. The van der Waals surface area contributed by atoms with Crippen molar-refractivity contribution in [3.8, 4) is 0 Å². The van der Waals surface area contributed by atoms with E-state index in [9.17, 15) is 9.59 Å². The number of amides is 2. The molecule has 25 heavy (non-hydrogen) atoms. The van der Waals surface area contributed by atoms with Gasteiger partial charge in [-0.1, -0.05) is 19.3 Å². The molecule has 3 fully saturated rings. The maximum Gasteiger partial charge on any atom is 0.242 e. The fourth-order valence-corrected chi connectivity index (χ4v) is 4.63. The lowest BCUT2D eigenvalue weighted by atomic mass is 9.88. The lowest BCUT2D eigenvalue weighted by Gasteiger charge is -2.34. The van der Waals surface area contributed by atoms with Crippen molar-refractivity contribution < 1.29 is 9.59 Å². The number of likely N-dealkylation sites (tertiary alicyclic amines) is 1. The Labute approximate surface area is 151 Å². The van der Waals surface area contributed by atoms with Gasteiger partial charge in [0, 0.05) is 45.2 Å². The van der Waals surface area contributed by atoms with Crippen LogP contribution in [0.3, 0.4) is 0 Å². The minimum absolute atomic E-state index is 0.00353. The maximum atomic E-state index is 12.5. The molecule has 0 aromatic heterocycles. The lowest BCUT2D eigenvalue weighted by molar-refractivity contribution is -0.136. The number of carbonyl (C=O) groups is 2. The highest BCUT2D eigenvalue weighted by atomic mass is 16.2. The summed E-state index contributed by atoms with van der Waals surface area (Å²) in [7, 11) is 0. The molecule has 1 heterocycles. The molecule has 3 aliphatic rings. The number of nitrogens with two attached hydrogens (primary N) is 1. The normalized spacial score (nSPS) is 27.7. The third kappa shape index (κ3) is 4.73. The summed E-state index contributed by atoms with van der Waals surface area (Å²) in [5.74, 6) is 0.755. The number of hydrogen-bond donors (Lipinski definition) is 2. The molecule has 3 N–H and O–H groups in total. The molecule has 2 atom stereocenters. The molecule has 6 heteroatoms. The fourth-order valence-electron chi connectivity index (χ4n) is 4.63. The van der Waals surface area contributed by atoms with E-state index in [4.69, 9.17) is 5.73 Å². The van der Waals surface area contributed by atoms with E-state index in [2.05, 4.69) is 10.2 Å². The third-order valence-electron chi connectivity index (χ3n) is 6.11. The van der Waals surface area contributed by atoms with E-state index >= 15 is 0 Å². The lowest BCUT2D eigenvalue weighted by Crippen LogP contribution is -2.46. The predicted octanol–water partition coefficient (Wildman–Crippen LogP) is 1.10. The van der Waals surface area contributed by atoms with Crippen LogP contribution in [0.4, 0.5) is 0 Å². The van der Waals surface area contributed by atoms with Crippen LogP contribution in [-0.2, 0) is 9.59 Å². The molecule has 1 aliphatic heterocycles. The Morgan fingerprint density at radius 2 is 1.84 bits per heavy atom. The molecule has 2 amide bonds. The number of nitrogens with one attached hydrogen (secondary N) is 1. The summed E-state index contributed by atoms with van der Waals surface area (Å²) in [4.78, 5) is 29.0. The molecular formula is C19H34N4O2. The molecule has 0 bridgehead atoms. The number of nitrogens with zero attached hydrogens (tertiary/aromatic N) is 2.